The van der Waals surface area contributed by atoms with E-state index in [1.807, 2.05) is 25.7 Å². The van der Waals surface area contributed by atoms with Crippen LogP contribution in [0.3, 0.4) is 0 Å². The topological polar surface area (TPSA) is 49.8 Å². The maximum atomic E-state index is 4.54. The second-order valence-corrected chi connectivity index (χ2v) is 6.57. The highest BCUT2D eigenvalue weighted by Crippen LogP contribution is 2.40. The molecule has 0 aliphatic heterocycles. The third-order valence-corrected chi connectivity index (χ3v) is 5.44. The van der Waals surface area contributed by atoms with E-state index in [0.29, 0.717) is 4.75 Å². The highest BCUT2D eigenvalue weighted by Gasteiger charge is 2.32. The van der Waals surface area contributed by atoms with Crippen molar-refractivity contribution in [2.24, 2.45) is 0 Å². The number of thioether (sulfide) groups is 1. The number of aryl methyl sites for hydroxylation is 1. The number of rotatable bonds is 5. The molecular weight excluding hydrogens is 256 g/mol. The molecule has 0 aromatic carbocycles. The van der Waals surface area contributed by atoms with Gasteiger partial charge in [0.15, 0.2) is 0 Å². The van der Waals surface area contributed by atoms with Crippen LogP contribution in [-0.2, 0) is 0 Å². The molecule has 0 radical (unpaired) electrons. The molecule has 1 aromatic heterocycles. The van der Waals surface area contributed by atoms with Crippen molar-refractivity contribution in [3.05, 3.63) is 11.4 Å². The van der Waals surface area contributed by atoms with Crippen molar-refractivity contribution >= 4 is 23.4 Å². The standard InChI is InChI=1S/C14H24N4S/c1-10-12(15-3)17-11(2)18-13(10)16-9-14(19-4)7-5-6-8-14/h5-9H2,1-4H3,(H2,15,16,17,18). The molecule has 106 valence electrons. The average Bonchev–Trinajstić information content (AvgIpc) is 2.89. The lowest BCUT2D eigenvalue weighted by atomic mass is 10.1. The Morgan fingerprint density at radius 1 is 1.16 bits per heavy atom. The Kier molecular flexibility index (Phi) is 4.55. The van der Waals surface area contributed by atoms with Gasteiger partial charge in [-0.1, -0.05) is 12.8 Å². The minimum Gasteiger partial charge on any atom is -0.373 e. The van der Waals surface area contributed by atoms with Crippen molar-refractivity contribution < 1.29 is 0 Å². The predicted octanol–water partition coefficient (Wildman–Crippen LogP) is 3.22. The Balaban J connectivity index is 2.13. The van der Waals surface area contributed by atoms with E-state index in [1.165, 1.54) is 25.7 Å². The van der Waals surface area contributed by atoms with Gasteiger partial charge in [-0.3, -0.25) is 0 Å². The Bertz CT molecular complexity index is 441. The number of aromatic nitrogens is 2. The van der Waals surface area contributed by atoms with Gasteiger partial charge in [-0.25, -0.2) is 9.97 Å². The van der Waals surface area contributed by atoms with E-state index in [2.05, 4.69) is 33.8 Å². The van der Waals surface area contributed by atoms with Crippen molar-refractivity contribution in [3.8, 4) is 0 Å². The van der Waals surface area contributed by atoms with Crippen LogP contribution in [0.2, 0.25) is 0 Å². The summed E-state index contributed by atoms with van der Waals surface area (Å²) in [6, 6.07) is 0. The fourth-order valence-corrected chi connectivity index (χ4v) is 3.67. The lowest BCUT2D eigenvalue weighted by Gasteiger charge is -2.27. The van der Waals surface area contributed by atoms with E-state index in [-0.39, 0.29) is 0 Å². The summed E-state index contributed by atoms with van der Waals surface area (Å²) in [6.07, 6.45) is 7.55. The molecule has 0 unspecified atom stereocenters. The molecule has 1 saturated carbocycles. The molecule has 0 atom stereocenters. The van der Waals surface area contributed by atoms with Crippen LogP contribution in [0.25, 0.3) is 0 Å². The molecule has 1 aromatic rings. The van der Waals surface area contributed by atoms with Crippen LogP contribution in [-0.4, -0.2) is 34.6 Å². The average molecular weight is 280 g/mol. The fourth-order valence-electron chi connectivity index (χ4n) is 2.76. The van der Waals surface area contributed by atoms with Crippen molar-refractivity contribution in [2.75, 3.05) is 30.5 Å². The molecule has 1 fully saturated rings. The van der Waals surface area contributed by atoms with Gasteiger partial charge in [-0.05, 0) is 32.9 Å². The Morgan fingerprint density at radius 2 is 1.79 bits per heavy atom. The summed E-state index contributed by atoms with van der Waals surface area (Å²) in [5.74, 6) is 2.69. The first kappa shape index (κ1) is 14.4. The summed E-state index contributed by atoms with van der Waals surface area (Å²) in [7, 11) is 1.90. The third-order valence-electron chi connectivity index (χ3n) is 4.02. The van der Waals surface area contributed by atoms with Crippen molar-refractivity contribution in [1.29, 1.82) is 0 Å². The second-order valence-electron chi connectivity index (χ2n) is 5.29. The molecule has 1 aliphatic rings. The zero-order valence-electron chi connectivity index (χ0n) is 12.3. The fraction of sp³-hybridized carbons (Fsp3) is 0.714. The van der Waals surface area contributed by atoms with E-state index in [1.54, 1.807) is 0 Å². The minimum atomic E-state index is 0.394. The molecule has 0 saturated heterocycles. The largest absolute Gasteiger partial charge is 0.373 e. The highest BCUT2D eigenvalue weighted by atomic mass is 32.2. The number of hydrogen-bond donors (Lipinski definition) is 2. The molecular formula is C14H24N4S. The normalized spacial score (nSPS) is 17.5. The smallest absolute Gasteiger partial charge is 0.134 e. The van der Waals surface area contributed by atoms with E-state index in [4.69, 9.17) is 0 Å². The van der Waals surface area contributed by atoms with Crippen LogP contribution in [0.4, 0.5) is 11.6 Å². The molecule has 1 heterocycles. The third kappa shape index (κ3) is 3.14. The lowest BCUT2D eigenvalue weighted by molar-refractivity contribution is 0.638. The van der Waals surface area contributed by atoms with Crippen molar-refractivity contribution in [2.45, 2.75) is 44.3 Å². The zero-order valence-corrected chi connectivity index (χ0v) is 13.2. The van der Waals surface area contributed by atoms with E-state index >= 15 is 0 Å². The van der Waals surface area contributed by atoms with E-state index in [0.717, 1.165) is 29.6 Å². The Hall–Kier alpha value is -0.970. The summed E-state index contributed by atoms with van der Waals surface area (Å²) in [5, 5.41) is 6.68. The molecule has 19 heavy (non-hydrogen) atoms. The summed E-state index contributed by atoms with van der Waals surface area (Å²) in [5.41, 5.74) is 1.10. The van der Waals surface area contributed by atoms with Gasteiger partial charge in [0.05, 0.1) is 0 Å². The lowest BCUT2D eigenvalue weighted by Crippen LogP contribution is -2.30. The van der Waals surface area contributed by atoms with Crippen LogP contribution >= 0.6 is 11.8 Å². The molecule has 1 aliphatic carbocycles. The molecule has 0 bridgehead atoms. The van der Waals surface area contributed by atoms with Gasteiger partial charge in [-0.15, -0.1) is 0 Å². The summed E-state index contributed by atoms with van der Waals surface area (Å²) >= 11 is 2.00. The van der Waals surface area contributed by atoms with Crippen molar-refractivity contribution in [1.82, 2.24) is 9.97 Å². The molecule has 0 spiro atoms. The molecule has 0 amide bonds. The summed E-state index contributed by atoms with van der Waals surface area (Å²) in [4.78, 5) is 8.94. The van der Waals surface area contributed by atoms with Gasteiger partial charge < -0.3 is 10.6 Å². The monoisotopic (exact) mass is 280 g/mol. The number of anilines is 2. The first-order valence-electron chi connectivity index (χ1n) is 6.92. The molecule has 4 nitrogen and oxygen atoms in total. The Morgan fingerprint density at radius 3 is 2.37 bits per heavy atom. The zero-order chi connectivity index (χ0) is 13.9. The van der Waals surface area contributed by atoms with Gasteiger partial charge in [0.25, 0.3) is 0 Å². The molecule has 2 N–H and O–H groups in total. The summed E-state index contributed by atoms with van der Waals surface area (Å²) in [6.45, 7) is 4.99. The number of nitrogens with one attached hydrogen (secondary N) is 2. The van der Waals surface area contributed by atoms with Gasteiger partial charge in [-0.2, -0.15) is 11.8 Å². The second kappa shape index (κ2) is 5.99. The van der Waals surface area contributed by atoms with E-state index in [9.17, 15) is 0 Å². The maximum absolute atomic E-state index is 4.54. The molecule has 5 heteroatoms. The first-order chi connectivity index (χ1) is 9.10. The summed E-state index contributed by atoms with van der Waals surface area (Å²) < 4.78 is 0.394. The van der Waals surface area contributed by atoms with Crippen LogP contribution in [0, 0.1) is 13.8 Å². The van der Waals surface area contributed by atoms with Gasteiger partial charge >= 0.3 is 0 Å². The maximum Gasteiger partial charge on any atom is 0.134 e. The van der Waals surface area contributed by atoms with Gasteiger partial charge in [0.1, 0.15) is 17.5 Å². The number of hydrogen-bond acceptors (Lipinski definition) is 5. The SMILES string of the molecule is CNc1nc(C)nc(NCC2(SC)CCCC2)c1C. The Labute approximate surface area is 120 Å². The predicted molar refractivity (Wildman–Crippen MR) is 84.3 cm³/mol. The van der Waals surface area contributed by atoms with Gasteiger partial charge in [0.2, 0.25) is 0 Å². The number of nitrogens with zero attached hydrogens (tertiary/aromatic N) is 2. The van der Waals surface area contributed by atoms with E-state index < -0.39 is 0 Å². The quantitative estimate of drug-likeness (QED) is 0.867. The van der Waals surface area contributed by atoms with Crippen LogP contribution in [0.15, 0.2) is 0 Å². The minimum absolute atomic E-state index is 0.394. The van der Waals surface area contributed by atoms with Gasteiger partial charge in [0, 0.05) is 23.9 Å². The highest BCUT2D eigenvalue weighted by molar-refractivity contribution is 8.00. The van der Waals surface area contributed by atoms with Crippen LogP contribution in [0.5, 0.6) is 0 Å². The van der Waals surface area contributed by atoms with Crippen LogP contribution < -0.4 is 10.6 Å². The first-order valence-corrected chi connectivity index (χ1v) is 8.15. The van der Waals surface area contributed by atoms with Crippen LogP contribution in [0.1, 0.15) is 37.1 Å². The van der Waals surface area contributed by atoms with Crippen molar-refractivity contribution in [3.63, 3.8) is 0 Å². The molecule has 2 rings (SSSR count).